The SMILES string of the molecule is Cc1cc(C(C)NCC(c2ccccc2)C(C)C)c(C)s1. The summed E-state index contributed by atoms with van der Waals surface area (Å²) in [5.74, 6) is 1.20. The third kappa shape index (κ3) is 4.18. The second kappa shape index (κ2) is 7.24. The summed E-state index contributed by atoms with van der Waals surface area (Å²) in [6.45, 7) is 12.3. The highest BCUT2D eigenvalue weighted by Gasteiger charge is 2.18. The van der Waals surface area contributed by atoms with E-state index in [9.17, 15) is 0 Å². The van der Waals surface area contributed by atoms with Crippen molar-refractivity contribution >= 4 is 11.3 Å². The van der Waals surface area contributed by atoms with Gasteiger partial charge in [-0.2, -0.15) is 0 Å². The Morgan fingerprint density at radius 1 is 1.05 bits per heavy atom. The lowest BCUT2D eigenvalue weighted by Gasteiger charge is -2.24. The number of rotatable bonds is 6. The van der Waals surface area contributed by atoms with E-state index < -0.39 is 0 Å². The van der Waals surface area contributed by atoms with E-state index in [1.54, 1.807) is 0 Å². The first-order chi connectivity index (χ1) is 9.99. The van der Waals surface area contributed by atoms with Gasteiger partial charge >= 0.3 is 0 Å². The van der Waals surface area contributed by atoms with Crippen LogP contribution in [0.15, 0.2) is 36.4 Å². The second-order valence-corrected chi connectivity index (χ2v) is 7.72. The molecule has 0 fully saturated rings. The molecule has 2 aromatic rings. The van der Waals surface area contributed by atoms with E-state index in [0.29, 0.717) is 17.9 Å². The minimum atomic E-state index is 0.417. The van der Waals surface area contributed by atoms with Crippen LogP contribution >= 0.6 is 11.3 Å². The molecule has 0 amide bonds. The van der Waals surface area contributed by atoms with Crippen molar-refractivity contribution in [3.63, 3.8) is 0 Å². The van der Waals surface area contributed by atoms with E-state index in [0.717, 1.165) is 6.54 Å². The maximum absolute atomic E-state index is 3.74. The molecule has 0 saturated heterocycles. The first-order valence-electron chi connectivity index (χ1n) is 7.84. The summed E-state index contributed by atoms with van der Waals surface area (Å²) in [4.78, 5) is 2.84. The average Bonchev–Trinajstić information content (AvgIpc) is 2.78. The lowest BCUT2D eigenvalue weighted by molar-refractivity contribution is 0.436. The van der Waals surface area contributed by atoms with Gasteiger partial charge in [0.1, 0.15) is 0 Å². The Balaban J connectivity index is 2.04. The van der Waals surface area contributed by atoms with Gasteiger partial charge in [0.2, 0.25) is 0 Å². The third-order valence-electron chi connectivity index (χ3n) is 4.22. The molecule has 0 bridgehead atoms. The van der Waals surface area contributed by atoms with Gasteiger partial charge in [0.05, 0.1) is 0 Å². The molecular formula is C19H27NS. The first-order valence-corrected chi connectivity index (χ1v) is 8.66. The third-order valence-corrected chi connectivity index (χ3v) is 5.20. The Hall–Kier alpha value is -1.12. The number of thiophene rings is 1. The van der Waals surface area contributed by atoms with Crippen molar-refractivity contribution in [3.8, 4) is 0 Å². The van der Waals surface area contributed by atoms with Crippen LogP contribution in [-0.4, -0.2) is 6.54 Å². The summed E-state index contributed by atoms with van der Waals surface area (Å²) in [6.07, 6.45) is 0. The van der Waals surface area contributed by atoms with Crippen LogP contribution in [0, 0.1) is 19.8 Å². The van der Waals surface area contributed by atoms with E-state index in [1.807, 2.05) is 11.3 Å². The number of hydrogen-bond donors (Lipinski definition) is 1. The van der Waals surface area contributed by atoms with Gasteiger partial charge in [-0.15, -0.1) is 11.3 Å². The lowest BCUT2D eigenvalue weighted by atomic mass is 9.88. The Morgan fingerprint density at radius 3 is 2.24 bits per heavy atom. The largest absolute Gasteiger partial charge is 0.310 e. The van der Waals surface area contributed by atoms with E-state index in [4.69, 9.17) is 0 Å². The van der Waals surface area contributed by atoms with Gasteiger partial charge in [0.25, 0.3) is 0 Å². The van der Waals surface area contributed by atoms with Crippen LogP contribution in [0.4, 0.5) is 0 Å². The first kappa shape index (κ1) is 16.3. The molecule has 21 heavy (non-hydrogen) atoms. The van der Waals surface area contributed by atoms with Crippen LogP contribution in [0.5, 0.6) is 0 Å². The summed E-state index contributed by atoms with van der Waals surface area (Å²) >= 11 is 1.89. The highest BCUT2D eigenvalue weighted by atomic mass is 32.1. The summed E-state index contributed by atoms with van der Waals surface area (Å²) in [5.41, 5.74) is 2.89. The zero-order chi connectivity index (χ0) is 15.4. The van der Waals surface area contributed by atoms with Crippen LogP contribution in [0.3, 0.4) is 0 Å². The van der Waals surface area contributed by atoms with Gasteiger partial charge in [-0.1, -0.05) is 44.2 Å². The molecule has 2 unspecified atom stereocenters. The zero-order valence-corrected chi connectivity index (χ0v) is 14.6. The molecule has 1 N–H and O–H groups in total. The minimum Gasteiger partial charge on any atom is -0.310 e. The molecule has 0 aliphatic heterocycles. The fourth-order valence-corrected chi connectivity index (χ4v) is 3.96. The summed E-state index contributed by atoms with van der Waals surface area (Å²) in [7, 11) is 0. The number of hydrogen-bond acceptors (Lipinski definition) is 2. The molecule has 1 nitrogen and oxygen atoms in total. The Labute approximate surface area is 133 Å². The van der Waals surface area contributed by atoms with Crippen LogP contribution in [0.1, 0.15) is 53.6 Å². The molecule has 2 atom stereocenters. The Bertz CT molecular complexity index is 556. The standard InChI is InChI=1S/C19H27NS/c1-13(2)19(17-9-7-6-8-10-17)12-20-15(4)18-11-14(3)21-16(18)5/h6-11,13,15,19-20H,12H2,1-5H3. The van der Waals surface area contributed by atoms with E-state index >= 15 is 0 Å². The topological polar surface area (TPSA) is 12.0 Å². The van der Waals surface area contributed by atoms with Crippen molar-refractivity contribution in [1.82, 2.24) is 5.32 Å². The van der Waals surface area contributed by atoms with Gasteiger partial charge in [0, 0.05) is 22.3 Å². The van der Waals surface area contributed by atoms with Crippen molar-refractivity contribution in [2.45, 2.75) is 46.6 Å². The van der Waals surface area contributed by atoms with Crippen molar-refractivity contribution in [3.05, 3.63) is 57.3 Å². The van der Waals surface area contributed by atoms with Gasteiger partial charge in [-0.05, 0) is 49.8 Å². The molecule has 1 heterocycles. The van der Waals surface area contributed by atoms with Crippen LogP contribution in [-0.2, 0) is 0 Å². The number of benzene rings is 1. The smallest absolute Gasteiger partial charge is 0.0303 e. The highest BCUT2D eigenvalue weighted by molar-refractivity contribution is 7.12. The Morgan fingerprint density at radius 2 is 1.71 bits per heavy atom. The van der Waals surface area contributed by atoms with E-state index in [1.165, 1.54) is 20.9 Å². The average molecular weight is 301 g/mol. The summed E-state index contributed by atoms with van der Waals surface area (Å²) < 4.78 is 0. The highest BCUT2D eigenvalue weighted by Crippen LogP contribution is 2.28. The zero-order valence-electron chi connectivity index (χ0n) is 13.8. The van der Waals surface area contributed by atoms with Crippen LogP contribution in [0.2, 0.25) is 0 Å². The molecule has 0 aliphatic carbocycles. The van der Waals surface area contributed by atoms with Crippen LogP contribution < -0.4 is 5.32 Å². The maximum Gasteiger partial charge on any atom is 0.0303 e. The molecule has 0 aliphatic rings. The molecule has 1 aromatic carbocycles. The summed E-state index contributed by atoms with van der Waals surface area (Å²) in [6, 6.07) is 13.6. The van der Waals surface area contributed by atoms with Crippen molar-refractivity contribution < 1.29 is 0 Å². The Kier molecular flexibility index (Phi) is 5.60. The van der Waals surface area contributed by atoms with Gasteiger partial charge in [-0.3, -0.25) is 0 Å². The molecule has 0 spiro atoms. The minimum absolute atomic E-state index is 0.417. The lowest BCUT2D eigenvalue weighted by Crippen LogP contribution is -2.27. The quantitative estimate of drug-likeness (QED) is 0.747. The predicted octanol–water partition coefficient (Wildman–Crippen LogP) is 5.46. The van der Waals surface area contributed by atoms with Gasteiger partial charge in [0.15, 0.2) is 0 Å². The van der Waals surface area contributed by atoms with Gasteiger partial charge in [-0.25, -0.2) is 0 Å². The molecule has 2 heteroatoms. The number of aryl methyl sites for hydroxylation is 2. The predicted molar refractivity (Wildman–Crippen MR) is 94.2 cm³/mol. The van der Waals surface area contributed by atoms with Crippen molar-refractivity contribution in [1.29, 1.82) is 0 Å². The fraction of sp³-hybridized carbons (Fsp3) is 0.474. The van der Waals surface area contributed by atoms with Crippen molar-refractivity contribution in [2.24, 2.45) is 5.92 Å². The fourth-order valence-electron chi connectivity index (χ4n) is 2.93. The molecule has 1 aromatic heterocycles. The van der Waals surface area contributed by atoms with Crippen molar-refractivity contribution in [2.75, 3.05) is 6.54 Å². The summed E-state index contributed by atoms with van der Waals surface area (Å²) in [5, 5.41) is 3.74. The normalized spacial score (nSPS) is 14.4. The van der Waals surface area contributed by atoms with Gasteiger partial charge < -0.3 is 5.32 Å². The van der Waals surface area contributed by atoms with E-state index in [-0.39, 0.29) is 0 Å². The monoisotopic (exact) mass is 301 g/mol. The molecule has 0 saturated carbocycles. The maximum atomic E-state index is 3.74. The molecule has 2 rings (SSSR count). The van der Waals surface area contributed by atoms with Crippen LogP contribution in [0.25, 0.3) is 0 Å². The molecular weight excluding hydrogens is 274 g/mol. The number of nitrogens with one attached hydrogen (secondary N) is 1. The molecule has 0 radical (unpaired) electrons. The second-order valence-electron chi connectivity index (χ2n) is 6.26. The molecule has 114 valence electrons. The van der Waals surface area contributed by atoms with E-state index in [2.05, 4.69) is 76.3 Å².